The van der Waals surface area contributed by atoms with Crippen molar-refractivity contribution < 1.29 is 13.9 Å². The molecular formula is C12H24FN3O2. The molecule has 0 aromatic carbocycles. The van der Waals surface area contributed by atoms with Gasteiger partial charge < -0.3 is 15.4 Å². The Morgan fingerprint density at radius 2 is 1.94 bits per heavy atom. The maximum Gasteiger partial charge on any atom is 0.241 e. The number of carbonyl (C=O) groups excluding carboxylic acids is 1. The fourth-order valence-electron chi connectivity index (χ4n) is 2.14. The number of piperazine rings is 1. The molecule has 1 atom stereocenters. The highest BCUT2D eigenvalue weighted by Crippen LogP contribution is 2.13. The topological polar surface area (TPSA) is 58.8 Å². The summed E-state index contributed by atoms with van der Waals surface area (Å²) in [5.74, 6) is -0.0870. The summed E-state index contributed by atoms with van der Waals surface area (Å²) >= 11 is 0. The van der Waals surface area contributed by atoms with Gasteiger partial charge in [-0.05, 0) is 13.8 Å². The van der Waals surface area contributed by atoms with Crippen molar-refractivity contribution in [1.82, 2.24) is 9.80 Å². The maximum atomic E-state index is 13.5. The minimum absolute atomic E-state index is 0.0870. The van der Waals surface area contributed by atoms with E-state index in [9.17, 15) is 9.18 Å². The zero-order chi connectivity index (χ0) is 13.8. The molecule has 0 aromatic rings. The van der Waals surface area contributed by atoms with Crippen LogP contribution in [0.5, 0.6) is 0 Å². The van der Waals surface area contributed by atoms with Crippen molar-refractivity contribution in [1.29, 1.82) is 0 Å². The molecule has 18 heavy (non-hydrogen) atoms. The maximum absolute atomic E-state index is 13.5. The van der Waals surface area contributed by atoms with E-state index < -0.39 is 11.7 Å². The Morgan fingerprint density at radius 3 is 2.39 bits per heavy atom. The first-order chi connectivity index (χ1) is 8.33. The van der Waals surface area contributed by atoms with Gasteiger partial charge in [0.25, 0.3) is 0 Å². The van der Waals surface area contributed by atoms with Gasteiger partial charge in [-0.25, -0.2) is 4.39 Å². The number of nitrogens with two attached hydrogens (primary N) is 1. The van der Waals surface area contributed by atoms with Crippen LogP contribution in [0, 0.1) is 0 Å². The summed E-state index contributed by atoms with van der Waals surface area (Å²) in [6.45, 7) is 6.37. The van der Waals surface area contributed by atoms with E-state index in [1.165, 1.54) is 7.11 Å². The third kappa shape index (κ3) is 4.88. The summed E-state index contributed by atoms with van der Waals surface area (Å²) in [4.78, 5) is 15.7. The number of methoxy groups -OCH3 is 1. The van der Waals surface area contributed by atoms with Gasteiger partial charge in [0.05, 0.1) is 6.61 Å². The molecular weight excluding hydrogens is 237 g/mol. The van der Waals surface area contributed by atoms with Crippen molar-refractivity contribution in [2.75, 3.05) is 46.4 Å². The fourth-order valence-corrected chi connectivity index (χ4v) is 2.14. The van der Waals surface area contributed by atoms with Crippen LogP contribution in [0.3, 0.4) is 0 Å². The zero-order valence-corrected chi connectivity index (χ0v) is 11.5. The van der Waals surface area contributed by atoms with Gasteiger partial charge in [-0.2, -0.15) is 0 Å². The van der Waals surface area contributed by atoms with E-state index in [1.807, 2.05) is 4.90 Å². The van der Waals surface area contributed by atoms with Gasteiger partial charge in [-0.1, -0.05) is 0 Å². The number of rotatable bonds is 5. The predicted molar refractivity (Wildman–Crippen MR) is 68.1 cm³/mol. The molecule has 106 valence electrons. The van der Waals surface area contributed by atoms with Gasteiger partial charge in [-0.3, -0.25) is 9.69 Å². The molecule has 0 aromatic heterocycles. The fraction of sp³-hybridized carbons (Fsp3) is 0.917. The highest BCUT2D eigenvalue weighted by atomic mass is 19.1. The third-order valence-electron chi connectivity index (χ3n) is 2.95. The Hall–Kier alpha value is -0.720. The molecule has 0 saturated carbocycles. The molecule has 6 heteroatoms. The van der Waals surface area contributed by atoms with E-state index in [4.69, 9.17) is 10.5 Å². The molecule has 1 fully saturated rings. The molecule has 0 unspecified atom stereocenters. The van der Waals surface area contributed by atoms with Gasteiger partial charge in [0.2, 0.25) is 5.91 Å². The lowest BCUT2D eigenvalue weighted by Gasteiger charge is -2.37. The van der Waals surface area contributed by atoms with Gasteiger partial charge >= 0.3 is 0 Å². The molecule has 0 bridgehead atoms. The third-order valence-corrected chi connectivity index (χ3v) is 2.95. The quantitative estimate of drug-likeness (QED) is 0.748. The van der Waals surface area contributed by atoms with Gasteiger partial charge in [-0.15, -0.1) is 0 Å². The van der Waals surface area contributed by atoms with Crippen LogP contribution in [0.25, 0.3) is 0 Å². The van der Waals surface area contributed by atoms with E-state index in [1.54, 1.807) is 18.7 Å². The standard InChI is InChI=1S/C12H24FN3O2/c1-12(2,13)9-15-4-6-16(7-5-15)11(17)10(14)8-18-3/h10H,4-9,14H2,1-3H3/t10-/m0/s1. The summed E-state index contributed by atoms with van der Waals surface area (Å²) in [7, 11) is 1.52. The largest absolute Gasteiger partial charge is 0.383 e. The van der Waals surface area contributed by atoms with Crippen molar-refractivity contribution in [3.63, 3.8) is 0 Å². The molecule has 1 saturated heterocycles. The van der Waals surface area contributed by atoms with Crippen LogP contribution in [0.2, 0.25) is 0 Å². The van der Waals surface area contributed by atoms with Gasteiger partial charge in [0, 0.05) is 39.8 Å². The zero-order valence-electron chi connectivity index (χ0n) is 11.5. The molecule has 1 rings (SSSR count). The summed E-state index contributed by atoms with van der Waals surface area (Å²) in [5, 5.41) is 0. The summed E-state index contributed by atoms with van der Waals surface area (Å²) in [5.41, 5.74) is 4.51. The number of nitrogens with zero attached hydrogens (tertiary/aromatic N) is 2. The lowest BCUT2D eigenvalue weighted by Crippen LogP contribution is -2.55. The first kappa shape index (κ1) is 15.3. The normalized spacial score (nSPS) is 19.9. The molecule has 2 N–H and O–H groups in total. The van der Waals surface area contributed by atoms with E-state index in [2.05, 4.69) is 0 Å². The Bertz CT molecular complexity index is 273. The minimum atomic E-state index is -1.20. The van der Waals surface area contributed by atoms with Crippen LogP contribution in [0.4, 0.5) is 4.39 Å². The molecule has 1 aliphatic rings. The van der Waals surface area contributed by atoms with E-state index in [0.717, 1.165) is 0 Å². The molecule has 0 aliphatic carbocycles. The summed E-state index contributed by atoms with van der Waals surface area (Å²) < 4.78 is 18.4. The Balaban J connectivity index is 2.37. The van der Waals surface area contributed by atoms with Crippen molar-refractivity contribution >= 4 is 5.91 Å². The van der Waals surface area contributed by atoms with Crippen molar-refractivity contribution in [2.45, 2.75) is 25.6 Å². The molecule has 0 radical (unpaired) electrons. The van der Waals surface area contributed by atoms with Crippen LogP contribution in [0.1, 0.15) is 13.8 Å². The molecule has 0 spiro atoms. The number of halogens is 1. The highest BCUT2D eigenvalue weighted by Gasteiger charge is 2.28. The first-order valence-electron chi connectivity index (χ1n) is 6.28. The molecule has 1 heterocycles. The van der Waals surface area contributed by atoms with Crippen LogP contribution >= 0.6 is 0 Å². The monoisotopic (exact) mass is 261 g/mol. The van der Waals surface area contributed by atoms with Crippen molar-refractivity contribution in [3.05, 3.63) is 0 Å². The van der Waals surface area contributed by atoms with Crippen LogP contribution in [0.15, 0.2) is 0 Å². The summed E-state index contributed by atoms with van der Waals surface area (Å²) in [6, 6.07) is -0.598. The smallest absolute Gasteiger partial charge is 0.241 e. The highest BCUT2D eigenvalue weighted by molar-refractivity contribution is 5.81. The number of alkyl halides is 1. The van der Waals surface area contributed by atoms with E-state index in [0.29, 0.717) is 32.7 Å². The second-order valence-corrected chi connectivity index (χ2v) is 5.38. The molecule has 1 amide bonds. The Kier molecular flexibility index (Phi) is 5.49. The Labute approximate surface area is 108 Å². The molecule has 5 nitrogen and oxygen atoms in total. The van der Waals surface area contributed by atoms with Gasteiger partial charge in [0.15, 0.2) is 0 Å². The minimum Gasteiger partial charge on any atom is -0.383 e. The van der Waals surface area contributed by atoms with E-state index in [-0.39, 0.29) is 12.5 Å². The SMILES string of the molecule is COC[C@H](N)C(=O)N1CCN(CC(C)(C)F)CC1. The lowest BCUT2D eigenvalue weighted by molar-refractivity contribution is -0.135. The van der Waals surface area contributed by atoms with Crippen LogP contribution in [-0.2, 0) is 9.53 Å². The second-order valence-electron chi connectivity index (χ2n) is 5.38. The number of carbonyl (C=O) groups is 1. The van der Waals surface area contributed by atoms with E-state index >= 15 is 0 Å². The number of amides is 1. The van der Waals surface area contributed by atoms with Crippen LogP contribution in [-0.4, -0.2) is 73.9 Å². The predicted octanol–water partition coefficient (Wildman–Crippen LogP) is -0.148. The Morgan fingerprint density at radius 1 is 1.39 bits per heavy atom. The second kappa shape index (κ2) is 6.45. The average molecular weight is 261 g/mol. The lowest BCUT2D eigenvalue weighted by atomic mass is 10.1. The van der Waals surface area contributed by atoms with Gasteiger partial charge in [0.1, 0.15) is 11.7 Å². The number of ether oxygens (including phenoxy) is 1. The number of hydrogen-bond acceptors (Lipinski definition) is 4. The van der Waals surface area contributed by atoms with Crippen molar-refractivity contribution in [3.8, 4) is 0 Å². The first-order valence-corrected chi connectivity index (χ1v) is 6.28. The average Bonchev–Trinajstić information content (AvgIpc) is 2.27. The summed E-state index contributed by atoms with van der Waals surface area (Å²) in [6.07, 6.45) is 0. The van der Waals surface area contributed by atoms with Crippen LogP contribution < -0.4 is 5.73 Å². The molecule has 1 aliphatic heterocycles. The van der Waals surface area contributed by atoms with Crippen molar-refractivity contribution in [2.24, 2.45) is 5.73 Å². The number of hydrogen-bond donors (Lipinski definition) is 1.